The van der Waals surface area contributed by atoms with Crippen LogP contribution in [0.4, 0.5) is 0 Å². The van der Waals surface area contributed by atoms with E-state index in [1.807, 2.05) is 14.0 Å². The fraction of sp³-hybridized carbons (Fsp3) is 0.643. The van der Waals surface area contributed by atoms with Crippen LogP contribution in [0, 0.1) is 13.8 Å². The minimum Gasteiger partial charge on any atom is -0.481 e. The first-order valence-corrected chi connectivity index (χ1v) is 6.78. The van der Waals surface area contributed by atoms with Crippen molar-refractivity contribution >= 4 is 5.97 Å². The SMILES string of the molecule is CCN(C)CCn1c(C)c(C(C)C(=O)O)c(C)nc1=O. The van der Waals surface area contributed by atoms with Crippen molar-refractivity contribution in [2.45, 2.75) is 40.2 Å². The molecule has 1 atom stereocenters. The molecule has 1 aromatic rings. The quantitative estimate of drug-likeness (QED) is 0.842. The molecule has 0 aliphatic heterocycles. The Balaban J connectivity index is 3.22. The first-order valence-electron chi connectivity index (χ1n) is 6.78. The van der Waals surface area contributed by atoms with Crippen molar-refractivity contribution in [1.29, 1.82) is 0 Å². The smallest absolute Gasteiger partial charge is 0.348 e. The summed E-state index contributed by atoms with van der Waals surface area (Å²) in [6, 6.07) is 0. The zero-order valence-corrected chi connectivity index (χ0v) is 12.8. The Morgan fingerprint density at radius 2 is 2.05 bits per heavy atom. The van der Waals surface area contributed by atoms with E-state index in [0.717, 1.165) is 13.1 Å². The fourth-order valence-corrected chi connectivity index (χ4v) is 2.26. The van der Waals surface area contributed by atoms with Crippen LogP contribution in [-0.2, 0) is 11.3 Å². The standard InChI is InChI=1S/C14H23N3O3/c1-6-16(5)7-8-17-11(4)12(9(2)13(18)19)10(3)15-14(17)20/h9H,6-8H2,1-5H3,(H,18,19). The third-order valence-electron chi connectivity index (χ3n) is 3.73. The van der Waals surface area contributed by atoms with Gasteiger partial charge in [0.1, 0.15) is 0 Å². The van der Waals surface area contributed by atoms with E-state index in [1.165, 1.54) is 0 Å². The Kier molecular flexibility index (Phi) is 5.44. The second-order valence-electron chi connectivity index (χ2n) is 5.09. The van der Waals surface area contributed by atoms with Gasteiger partial charge in [-0.1, -0.05) is 6.92 Å². The Bertz CT molecular complexity index is 551. The van der Waals surface area contributed by atoms with Gasteiger partial charge in [-0.2, -0.15) is 4.98 Å². The van der Waals surface area contributed by atoms with Crippen LogP contribution in [0.3, 0.4) is 0 Å². The van der Waals surface area contributed by atoms with Crippen molar-refractivity contribution in [3.05, 3.63) is 27.4 Å². The molecule has 0 amide bonds. The Labute approximate surface area is 119 Å². The molecule has 0 saturated carbocycles. The molecule has 0 saturated heterocycles. The molecule has 6 nitrogen and oxygen atoms in total. The number of likely N-dealkylation sites (N-methyl/N-ethyl adjacent to an activating group) is 1. The van der Waals surface area contributed by atoms with Gasteiger partial charge in [0, 0.05) is 30.0 Å². The largest absolute Gasteiger partial charge is 0.481 e. The molecule has 1 N–H and O–H groups in total. The van der Waals surface area contributed by atoms with Crippen molar-refractivity contribution < 1.29 is 9.90 Å². The van der Waals surface area contributed by atoms with Gasteiger partial charge in [-0.05, 0) is 34.4 Å². The van der Waals surface area contributed by atoms with Crippen LogP contribution < -0.4 is 5.69 Å². The van der Waals surface area contributed by atoms with E-state index in [9.17, 15) is 14.7 Å². The number of carbonyl (C=O) groups is 1. The van der Waals surface area contributed by atoms with Gasteiger partial charge in [0.25, 0.3) is 0 Å². The maximum absolute atomic E-state index is 12.0. The molecule has 0 radical (unpaired) electrons. The second kappa shape index (κ2) is 6.65. The summed E-state index contributed by atoms with van der Waals surface area (Å²) < 4.78 is 1.56. The van der Waals surface area contributed by atoms with Crippen LogP contribution in [0.15, 0.2) is 4.79 Å². The zero-order valence-electron chi connectivity index (χ0n) is 12.8. The molecule has 0 bridgehead atoms. The lowest BCUT2D eigenvalue weighted by Gasteiger charge is -2.20. The molecule has 1 heterocycles. The predicted octanol–water partition coefficient (Wildman–Crippen LogP) is 1.000. The highest BCUT2D eigenvalue weighted by Gasteiger charge is 2.22. The molecule has 0 fully saturated rings. The summed E-state index contributed by atoms with van der Waals surface area (Å²) >= 11 is 0. The van der Waals surface area contributed by atoms with Crippen molar-refractivity contribution in [1.82, 2.24) is 14.5 Å². The van der Waals surface area contributed by atoms with Crippen LogP contribution in [-0.4, -0.2) is 45.7 Å². The average Bonchev–Trinajstić information content (AvgIpc) is 2.37. The third-order valence-corrected chi connectivity index (χ3v) is 3.73. The molecule has 6 heteroatoms. The van der Waals surface area contributed by atoms with E-state index in [0.29, 0.717) is 23.5 Å². The maximum Gasteiger partial charge on any atom is 0.348 e. The maximum atomic E-state index is 12.0. The first kappa shape index (κ1) is 16.4. The van der Waals surface area contributed by atoms with Gasteiger partial charge in [-0.15, -0.1) is 0 Å². The molecule has 20 heavy (non-hydrogen) atoms. The lowest BCUT2D eigenvalue weighted by atomic mass is 9.98. The monoisotopic (exact) mass is 281 g/mol. The van der Waals surface area contributed by atoms with Crippen LogP contribution in [0.2, 0.25) is 0 Å². The van der Waals surface area contributed by atoms with Gasteiger partial charge >= 0.3 is 11.7 Å². The van der Waals surface area contributed by atoms with E-state index in [4.69, 9.17) is 0 Å². The zero-order chi connectivity index (χ0) is 15.4. The lowest BCUT2D eigenvalue weighted by molar-refractivity contribution is -0.138. The molecule has 1 rings (SSSR count). The normalized spacial score (nSPS) is 12.7. The number of aromatic nitrogens is 2. The van der Waals surface area contributed by atoms with Gasteiger partial charge in [-0.25, -0.2) is 4.79 Å². The van der Waals surface area contributed by atoms with E-state index in [1.54, 1.807) is 25.3 Å². The van der Waals surface area contributed by atoms with Gasteiger partial charge in [0.15, 0.2) is 0 Å². The van der Waals surface area contributed by atoms with Crippen LogP contribution in [0.5, 0.6) is 0 Å². The number of carboxylic acids is 1. The molecule has 0 aromatic carbocycles. The Morgan fingerprint density at radius 1 is 1.45 bits per heavy atom. The number of hydrogen-bond acceptors (Lipinski definition) is 4. The molecule has 0 aliphatic rings. The van der Waals surface area contributed by atoms with E-state index in [-0.39, 0.29) is 5.69 Å². The number of rotatable bonds is 6. The summed E-state index contributed by atoms with van der Waals surface area (Å²) in [5.74, 6) is -1.58. The highest BCUT2D eigenvalue weighted by atomic mass is 16.4. The summed E-state index contributed by atoms with van der Waals surface area (Å²) in [4.78, 5) is 29.2. The van der Waals surface area contributed by atoms with Gasteiger partial charge in [-0.3, -0.25) is 9.36 Å². The summed E-state index contributed by atoms with van der Waals surface area (Å²) in [7, 11) is 1.97. The molecule has 1 aromatic heterocycles. The molecule has 1 unspecified atom stereocenters. The minimum atomic E-state index is -0.908. The van der Waals surface area contributed by atoms with Crippen molar-refractivity contribution in [3.63, 3.8) is 0 Å². The number of hydrogen-bond donors (Lipinski definition) is 1. The van der Waals surface area contributed by atoms with Gasteiger partial charge < -0.3 is 10.0 Å². The summed E-state index contributed by atoms with van der Waals surface area (Å²) in [5.41, 5.74) is 1.52. The highest BCUT2D eigenvalue weighted by Crippen LogP contribution is 2.21. The number of carboxylic acid groups (broad SMARTS) is 1. The topological polar surface area (TPSA) is 75.4 Å². The van der Waals surface area contributed by atoms with Crippen molar-refractivity contribution in [2.75, 3.05) is 20.1 Å². The summed E-state index contributed by atoms with van der Waals surface area (Å²) in [6.07, 6.45) is 0. The molecule has 112 valence electrons. The molecular formula is C14H23N3O3. The molecular weight excluding hydrogens is 258 g/mol. The lowest BCUT2D eigenvalue weighted by Crippen LogP contribution is -2.33. The average molecular weight is 281 g/mol. The number of aliphatic carboxylic acids is 1. The highest BCUT2D eigenvalue weighted by molar-refractivity contribution is 5.76. The summed E-state index contributed by atoms with van der Waals surface area (Å²) in [5, 5.41) is 9.18. The van der Waals surface area contributed by atoms with Gasteiger partial charge in [0.05, 0.1) is 5.92 Å². The van der Waals surface area contributed by atoms with Crippen LogP contribution in [0.25, 0.3) is 0 Å². The fourth-order valence-electron chi connectivity index (χ4n) is 2.26. The third kappa shape index (κ3) is 3.45. The Hall–Kier alpha value is -1.69. The summed E-state index contributed by atoms with van der Waals surface area (Å²) in [6.45, 7) is 9.27. The predicted molar refractivity (Wildman–Crippen MR) is 77.2 cm³/mol. The first-order chi connectivity index (χ1) is 9.29. The number of aryl methyl sites for hydroxylation is 1. The van der Waals surface area contributed by atoms with Gasteiger partial charge in [0.2, 0.25) is 0 Å². The van der Waals surface area contributed by atoms with Crippen molar-refractivity contribution in [2.24, 2.45) is 0 Å². The second-order valence-corrected chi connectivity index (χ2v) is 5.09. The van der Waals surface area contributed by atoms with Crippen molar-refractivity contribution in [3.8, 4) is 0 Å². The number of nitrogens with zero attached hydrogens (tertiary/aromatic N) is 3. The molecule has 0 aliphatic carbocycles. The van der Waals surface area contributed by atoms with Crippen LogP contribution >= 0.6 is 0 Å². The molecule has 0 spiro atoms. The minimum absolute atomic E-state index is 0.314. The van der Waals surface area contributed by atoms with E-state index >= 15 is 0 Å². The van der Waals surface area contributed by atoms with E-state index in [2.05, 4.69) is 9.88 Å². The van der Waals surface area contributed by atoms with Crippen LogP contribution in [0.1, 0.15) is 36.7 Å². The van der Waals surface area contributed by atoms with E-state index < -0.39 is 11.9 Å². The Morgan fingerprint density at radius 3 is 2.55 bits per heavy atom.